The number of rotatable bonds is 4. The second-order valence-corrected chi connectivity index (χ2v) is 4.91. The van der Waals surface area contributed by atoms with E-state index < -0.39 is 5.97 Å². The van der Waals surface area contributed by atoms with Crippen LogP contribution < -0.4 is 5.73 Å². The van der Waals surface area contributed by atoms with Crippen molar-refractivity contribution in [1.82, 2.24) is 4.98 Å². The van der Waals surface area contributed by atoms with Crippen molar-refractivity contribution in [2.24, 2.45) is 0 Å². The van der Waals surface area contributed by atoms with E-state index in [1.165, 1.54) is 7.11 Å². The van der Waals surface area contributed by atoms with E-state index in [0.717, 1.165) is 16.3 Å². The second-order valence-electron chi connectivity index (χ2n) is 3.86. The highest BCUT2D eigenvalue weighted by Crippen LogP contribution is 2.22. The highest BCUT2D eigenvalue weighted by Gasteiger charge is 2.07. The molecule has 0 aliphatic carbocycles. The number of pyridine rings is 1. The molecule has 1 aromatic carbocycles. The molecule has 0 amide bonds. The molecule has 0 unspecified atom stereocenters. The van der Waals surface area contributed by atoms with Crippen LogP contribution in [0.15, 0.2) is 47.4 Å². The number of hydrogen-bond acceptors (Lipinski definition) is 5. The zero-order valence-corrected chi connectivity index (χ0v) is 11.3. The first kappa shape index (κ1) is 13.4. The topological polar surface area (TPSA) is 65.2 Å². The molecule has 0 spiro atoms. The highest BCUT2D eigenvalue weighted by atomic mass is 32.2. The van der Waals surface area contributed by atoms with Crippen molar-refractivity contribution in [3.8, 4) is 0 Å². The Bertz CT molecular complexity index is 570. The first-order valence-electron chi connectivity index (χ1n) is 5.71. The van der Waals surface area contributed by atoms with Gasteiger partial charge in [0.1, 0.15) is 5.69 Å². The number of anilines is 1. The fraction of sp³-hybridized carbons (Fsp3) is 0.143. The van der Waals surface area contributed by atoms with E-state index in [1.54, 1.807) is 23.9 Å². The van der Waals surface area contributed by atoms with Crippen molar-refractivity contribution in [2.75, 3.05) is 12.8 Å². The number of methoxy groups -OCH3 is 1. The van der Waals surface area contributed by atoms with Gasteiger partial charge >= 0.3 is 5.97 Å². The standard InChI is InChI=1S/C14H14N2O2S/c1-18-14(17)13-4-2-3-11(16-13)9-19-12-7-5-10(15)6-8-12/h2-8H,9,15H2,1H3. The Morgan fingerprint density at radius 1 is 1.26 bits per heavy atom. The Morgan fingerprint density at radius 3 is 2.68 bits per heavy atom. The minimum Gasteiger partial charge on any atom is -0.464 e. The Morgan fingerprint density at radius 2 is 2.00 bits per heavy atom. The smallest absolute Gasteiger partial charge is 0.356 e. The molecule has 1 aromatic heterocycles. The lowest BCUT2D eigenvalue weighted by molar-refractivity contribution is 0.0594. The normalized spacial score (nSPS) is 10.2. The van der Waals surface area contributed by atoms with Crippen LogP contribution >= 0.6 is 11.8 Å². The van der Waals surface area contributed by atoms with Crippen LogP contribution in [0, 0.1) is 0 Å². The average Bonchev–Trinajstić information content (AvgIpc) is 2.46. The SMILES string of the molecule is COC(=O)c1cccc(CSc2ccc(N)cc2)n1. The molecule has 0 bridgehead atoms. The van der Waals surface area contributed by atoms with Crippen molar-refractivity contribution in [3.05, 3.63) is 53.9 Å². The number of nitrogens with two attached hydrogens (primary N) is 1. The van der Waals surface area contributed by atoms with Crippen molar-refractivity contribution in [2.45, 2.75) is 10.6 Å². The lowest BCUT2D eigenvalue weighted by atomic mass is 10.3. The van der Waals surface area contributed by atoms with Gasteiger partial charge in [-0.15, -0.1) is 11.8 Å². The lowest BCUT2D eigenvalue weighted by Gasteiger charge is -2.04. The number of nitrogens with zero attached hydrogens (tertiary/aromatic N) is 1. The van der Waals surface area contributed by atoms with Crippen molar-refractivity contribution in [3.63, 3.8) is 0 Å². The average molecular weight is 274 g/mol. The molecule has 98 valence electrons. The van der Waals surface area contributed by atoms with Crippen LogP contribution in [0.4, 0.5) is 5.69 Å². The van der Waals surface area contributed by atoms with Gasteiger partial charge in [0, 0.05) is 16.3 Å². The van der Waals surface area contributed by atoms with Gasteiger partial charge in [-0.1, -0.05) is 6.07 Å². The molecule has 0 aliphatic rings. The number of carbonyl (C=O) groups is 1. The van der Waals surface area contributed by atoms with Crippen LogP contribution in [0.5, 0.6) is 0 Å². The molecule has 0 radical (unpaired) electrons. The molecule has 1 heterocycles. The van der Waals surface area contributed by atoms with Crippen LogP contribution in [0.25, 0.3) is 0 Å². The Balaban J connectivity index is 2.03. The van der Waals surface area contributed by atoms with Crippen LogP contribution in [0.3, 0.4) is 0 Å². The van der Waals surface area contributed by atoms with Crippen LogP contribution in [0.2, 0.25) is 0 Å². The van der Waals surface area contributed by atoms with E-state index in [0.29, 0.717) is 11.4 Å². The molecule has 0 atom stereocenters. The molecule has 2 rings (SSSR count). The summed E-state index contributed by atoms with van der Waals surface area (Å²) in [6.07, 6.45) is 0. The largest absolute Gasteiger partial charge is 0.464 e. The summed E-state index contributed by atoms with van der Waals surface area (Å²) in [4.78, 5) is 16.7. The molecule has 0 fully saturated rings. The number of esters is 1. The van der Waals surface area contributed by atoms with Gasteiger partial charge in [0.05, 0.1) is 12.8 Å². The number of ether oxygens (including phenoxy) is 1. The summed E-state index contributed by atoms with van der Waals surface area (Å²) in [5.41, 5.74) is 7.54. The fourth-order valence-electron chi connectivity index (χ4n) is 1.50. The van der Waals surface area contributed by atoms with Crippen molar-refractivity contribution >= 4 is 23.4 Å². The van der Waals surface area contributed by atoms with E-state index in [1.807, 2.05) is 30.3 Å². The van der Waals surface area contributed by atoms with Gasteiger partial charge in [-0.2, -0.15) is 0 Å². The molecule has 0 saturated heterocycles. The third kappa shape index (κ3) is 3.72. The van der Waals surface area contributed by atoms with Crippen LogP contribution in [-0.2, 0) is 10.5 Å². The first-order valence-corrected chi connectivity index (χ1v) is 6.70. The third-order valence-corrected chi connectivity index (χ3v) is 3.51. The maximum Gasteiger partial charge on any atom is 0.356 e. The van der Waals surface area contributed by atoms with Crippen molar-refractivity contribution in [1.29, 1.82) is 0 Å². The molecule has 0 saturated carbocycles. The maximum atomic E-state index is 11.4. The molecular formula is C14H14N2O2S. The van der Waals surface area contributed by atoms with Gasteiger partial charge in [0.25, 0.3) is 0 Å². The maximum absolute atomic E-state index is 11.4. The molecule has 5 heteroatoms. The summed E-state index contributed by atoms with van der Waals surface area (Å²) < 4.78 is 4.65. The van der Waals surface area contributed by atoms with E-state index in [-0.39, 0.29) is 0 Å². The van der Waals surface area contributed by atoms with Gasteiger partial charge in [0.2, 0.25) is 0 Å². The summed E-state index contributed by atoms with van der Waals surface area (Å²) >= 11 is 1.64. The minimum atomic E-state index is -0.417. The summed E-state index contributed by atoms with van der Waals surface area (Å²) in [6.45, 7) is 0. The minimum absolute atomic E-state index is 0.331. The molecule has 0 aliphatic heterocycles. The van der Waals surface area contributed by atoms with Gasteiger partial charge in [-0.05, 0) is 36.4 Å². The van der Waals surface area contributed by atoms with Crippen LogP contribution in [0.1, 0.15) is 16.2 Å². The molecule has 2 N–H and O–H groups in total. The summed E-state index contributed by atoms with van der Waals surface area (Å²) in [5.74, 6) is 0.272. The van der Waals surface area contributed by atoms with Gasteiger partial charge in [-0.25, -0.2) is 9.78 Å². The zero-order valence-electron chi connectivity index (χ0n) is 10.5. The Labute approximate surface area is 116 Å². The second kappa shape index (κ2) is 6.24. The first-order chi connectivity index (χ1) is 9.19. The number of carbonyl (C=O) groups excluding carboxylic acids is 1. The quantitative estimate of drug-likeness (QED) is 0.527. The number of nitrogen functional groups attached to an aromatic ring is 1. The molecular weight excluding hydrogens is 260 g/mol. The van der Waals surface area contributed by atoms with Gasteiger partial charge in [-0.3, -0.25) is 0 Å². The van der Waals surface area contributed by atoms with E-state index in [9.17, 15) is 4.79 Å². The van der Waals surface area contributed by atoms with Crippen molar-refractivity contribution < 1.29 is 9.53 Å². The molecule has 4 nitrogen and oxygen atoms in total. The number of hydrogen-bond donors (Lipinski definition) is 1. The molecule has 2 aromatic rings. The van der Waals surface area contributed by atoms with E-state index in [4.69, 9.17) is 5.73 Å². The number of thioether (sulfide) groups is 1. The fourth-order valence-corrected chi connectivity index (χ4v) is 2.30. The predicted molar refractivity (Wildman–Crippen MR) is 76.0 cm³/mol. The summed E-state index contributed by atoms with van der Waals surface area (Å²) in [6, 6.07) is 13.0. The van der Waals surface area contributed by atoms with Gasteiger partial charge < -0.3 is 10.5 Å². The van der Waals surface area contributed by atoms with Gasteiger partial charge in [0.15, 0.2) is 0 Å². The zero-order chi connectivity index (χ0) is 13.7. The van der Waals surface area contributed by atoms with E-state index in [2.05, 4.69) is 9.72 Å². The lowest BCUT2D eigenvalue weighted by Crippen LogP contribution is -2.05. The summed E-state index contributed by atoms with van der Waals surface area (Å²) in [5, 5.41) is 0. The third-order valence-electron chi connectivity index (χ3n) is 2.47. The highest BCUT2D eigenvalue weighted by molar-refractivity contribution is 7.98. The summed E-state index contributed by atoms with van der Waals surface area (Å²) in [7, 11) is 1.35. The van der Waals surface area contributed by atoms with Crippen LogP contribution in [-0.4, -0.2) is 18.1 Å². The number of aromatic nitrogens is 1. The Kier molecular flexibility index (Phi) is 4.41. The van der Waals surface area contributed by atoms with E-state index >= 15 is 0 Å². The monoisotopic (exact) mass is 274 g/mol. The predicted octanol–water partition coefficient (Wildman–Crippen LogP) is 2.74. The molecule has 19 heavy (non-hydrogen) atoms. The Hall–Kier alpha value is -2.01. The number of benzene rings is 1.